The molecule has 1 aliphatic carbocycles. The van der Waals surface area contributed by atoms with Crippen LogP contribution in [0.25, 0.3) is 0 Å². The van der Waals surface area contributed by atoms with Gasteiger partial charge in [-0.15, -0.1) is 0 Å². The maximum Gasteiger partial charge on any atom is 0.229 e. The molecule has 0 unspecified atom stereocenters. The zero-order valence-corrected chi connectivity index (χ0v) is 19.1. The molecule has 0 bridgehead atoms. The van der Waals surface area contributed by atoms with E-state index in [9.17, 15) is 4.79 Å². The Bertz CT molecular complexity index is 851. The Morgan fingerprint density at radius 3 is 2.52 bits per heavy atom. The highest BCUT2D eigenvalue weighted by atomic mass is 16.6. The van der Waals surface area contributed by atoms with Gasteiger partial charge in [0, 0.05) is 19.1 Å². The first kappa shape index (κ1) is 22.0. The second-order valence-electron chi connectivity index (χ2n) is 9.42. The normalized spacial score (nSPS) is 18.5. The molecule has 2 fully saturated rings. The first-order valence-electron chi connectivity index (χ1n) is 11.9. The maximum atomic E-state index is 13.2. The lowest BCUT2D eigenvalue weighted by Crippen LogP contribution is -2.45. The zero-order chi connectivity index (χ0) is 21.6. The molecule has 6 nitrogen and oxygen atoms in total. The van der Waals surface area contributed by atoms with Gasteiger partial charge >= 0.3 is 0 Å². The fourth-order valence-corrected chi connectivity index (χ4v) is 5.17. The number of hydrogen-bond acceptors (Lipinski definition) is 5. The standard InChI is InChI=1S/C25H36N4O2/c1-19-7-3-4-8-22(19)13-16-28-14-11-21(12-15-28)18-29(23-9-5-6-10-23)25(30)17-24-20(2)26-31-27-24/h3-4,7-8,21,23H,5-6,9-18H2,1-2H3. The van der Waals surface area contributed by atoms with Crippen molar-refractivity contribution in [3.63, 3.8) is 0 Å². The van der Waals surface area contributed by atoms with Crippen molar-refractivity contribution < 1.29 is 9.42 Å². The maximum absolute atomic E-state index is 13.2. The van der Waals surface area contributed by atoms with Crippen molar-refractivity contribution in [1.29, 1.82) is 0 Å². The number of hydrogen-bond donors (Lipinski definition) is 0. The minimum atomic E-state index is 0.188. The van der Waals surface area contributed by atoms with Crippen molar-refractivity contribution in [1.82, 2.24) is 20.1 Å². The molecule has 31 heavy (non-hydrogen) atoms. The molecule has 2 aliphatic rings. The van der Waals surface area contributed by atoms with Crippen LogP contribution in [0.1, 0.15) is 61.0 Å². The van der Waals surface area contributed by atoms with E-state index in [-0.39, 0.29) is 5.91 Å². The molecule has 0 spiro atoms. The van der Waals surface area contributed by atoms with Crippen molar-refractivity contribution in [2.75, 3.05) is 26.2 Å². The molecule has 1 saturated heterocycles. The van der Waals surface area contributed by atoms with Crippen LogP contribution in [0.15, 0.2) is 28.9 Å². The Kier molecular flexibility index (Phi) is 7.38. The molecule has 1 saturated carbocycles. The van der Waals surface area contributed by atoms with Crippen LogP contribution in [0.3, 0.4) is 0 Å². The van der Waals surface area contributed by atoms with Crippen molar-refractivity contribution in [2.24, 2.45) is 5.92 Å². The van der Waals surface area contributed by atoms with Crippen molar-refractivity contribution in [2.45, 2.75) is 71.3 Å². The Morgan fingerprint density at radius 1 is 1.10 bits per heavy atom. The topological polar surface area (TPSA) is 62.5 Å². The highest BCUT2D eigenvalue weighted by molar-refractivity contribution is 5.78. The third kappa shape index (κ3) is 5.73. The summed E-state index contributed by atoms with van der Waals surface area (Å²) < 4.78 is 4.80. The first-order valence-corrected chi connectivity index (χ1v) is 11.9. The molecule has 168 valence electrons. The van der Waals surface area contributed by atoms with Crippen LogP contribution in [0, 0.1) is 19.8 Å². The van der Waals surface area contributed by atoms with E-state index in [1.54, 1.807) is 0 Å². The van der Waals surface area contributed by atoms with Gasteiger partial charge in [-0.25, -0.2) is 4.63 Å². The molecule has 1 aliphatic heterocycles. The van der Waals surface area contributed by atoms with E-state index in [4.69, 9.17) is 4.63 Å². The Morgan fingerprint density at radius 2 is 1.84 bits per heavy atom. The quantitative estimate of drug-likeness (QED) is 0.642. The third-order valence-corrected chi connectivity index (χ3v) is 7.27. The smallest absolute Gasteiger partial charge is 0.229 e. The van der Waals surface area contributed by atoms with E-state index in [1.165, 1.54) is 36.8 Å². The largest absolute Gasteiger partial charge is 0.339 e. The molecule has 6 heteroatoms. The van der Waals surface area contributed by atoms with Gasteiger partial charge in [-0.3, -0.25) is 4.79 Å². The SMILES string of the molecule is Cc1ccccc1CCN1CCC(CN(C(=O)Cc2nonc2C)C2CCCC2)CC1. The van der Waals surface area contributed by atoms with Gasteiger partial charge < -0.3 is 9.80 Å². The fourth-order valence-electron chi connectivity index (χ4n) is 5.17. The molecule has 1 aromatic heterocycles. The summed E-state index contributed by atoms with van der Waals surface area (Å²) in [5.41, 5.74) is 4.25. The van der Waals surface area contributed by atoms with Gasteiger partial charge in [0.05, 0.1) is 6.42 Å². The van der Waals surface area contributed by atoms with Crippen molar-refractivity contribution in [3.8, 4) is 0 Å². The van der Waals surface area contributed by atoms with Gasteiger partial charge in [-0.2, -0.15) is 0 Å². The molecular formula is C25H36N4O2. The number of amides is 1. The van der Waals surface area contributed by atoms with Crippen LogP contribution in [0.4, 0.5) is 0 Å². The van der Waals surface area contributed by atoms with Crippen LogP contribution in [0.2, 0.25) is 0 Å². The number of aromatic nitrogens is 2. The number of aryl methyl sites for hydroxylation is 2. The fraction of sp³-hybridized carbons (Fsp3) is 0.640. The van der Waals surface area contributed by atoms with Gasteiger partial charge in [0.1, 0.15) is 11.4 Å². The number of piperidine rings is 1. The number of rotatable bonds is 8. The molecule has 1 amide bonds. The van der Waals surface area contributed by atoms with Crippen molar-refractivity contribution >= 4 is 5.91 Å². The molecule has 0 N–H and O–H groups in total. The molecular weight excluding hydrogens is 388 g/mol. The molecule has 2 aromatic rings. The van der Waals surface area contributed by atoms with Gasteiger partial charge in [0.25, 0.3) is 0 Å². The van der Waals surface area contributed by atoms with Crippen LogP contribution < -0.4 is 0 Å². The average molecular weight is 425 g/mol. The van der Waals surface area contributed by atoms with Gasteiger partial charge in [-0.1, -0.05) is 47.4 Å². The Labute approximate surface area is 185 Å². The summed E-state index contributed by atoms with van der Waals surface area (Å²) in [6, 6.07) is 9.10. The number of carbonyl (C=O) groups is 1. The second kappa shape index (κ2) is 10.4. The lowest BCUT2D eigenvalue weighted by molar-refractivity contribution is -0.133. The summed E-state index contributed by atoms with van der Waals surface area (Å²) in [4.78, 5) is 18.0. The second-order valence-corrected chi connectivity index (χ2v) is 9.42. The van der Waals surface area contributed by atoms with E-state index in [0.717, 1.165) is 51.1 Å². The van der Waals surface area contributed by atoms with Crippen molar-refractivity contribution in [3.05, 3.63) is 46.8 Å². The third-order valence-electron chi connectivity index (χ3n) is 7.27. The number of likely N-dealkylation sites (tertiary alicyclic amines) is 1. The number of benzene rings is 1. The van der Waals surface area contributed by atoms with E-state index in [0.29, 0.717) is 24.1 Å². The van der Waals surface area contributed by atoms with Crippen LogP contribution in [0.5, 0.6) is 0 Å². The Hall–Kier alpha value is -2.21. The predicted molar refractivity (Wildman–Crippen MR) is 121 cm³/mol. The van der Waals surface area contributed by atoms with Gasteiger partial charge in [0.15, 0.2) is 0 Å². The van der Waals surface area contributed by atoms with E-state index >= 15 is 0 Å². The monoisotopic (exact) mass is 424 g/mol. The summed E-state index contributed by atoms with van der Waals surface area (Å²) >= 11 is 0. The highest BCUT2D eigenvalue weighted by Crippen LogP contribution is 2.27. The van der Waals surface area contributed by atoms with E-state index in [1.807, 2.05) is 6.92 Å². The molecule has 4 rings (SSSR count). The zero-order valence-electron chi connectivity index (χ0n) is 19.1. The summed E-state index contributed by atoms with van der Waals surface area (Å²) in [5, 5.41) is 7.77. The lowest BCUT2D eigenvalue weighted by Gasteiger charge is -2.37. The Balaban J connectivity index is 1.29. The summed E-state index contributed by atoms with van der Waals surface area (Å²) in [6.07, 6.45) is 8.51. The molecule has 1 aromatic carbocycles. The molecule has 0 radical (unpaired) electrons. The molecule has 0 atom stereocenters. The minimum Gasteiger partial charge on any atom is -0.339 e. The van der Waals surface area contributed by atoms with Crippen LogP contribution in [-0.4, -0.2) is 58.2 Å². The molecule has 2 heterocycles. The predicted octanol–water partition coefficient (Wildman–Crippen LogP) is 3.95. The van der Waals surface area contributed by atoms with Gasteiger partial charge in [-0.05, 0) is 76.1 Å². The lowest BCUT2D eigenvalue weighted by atomic mass is 9.94. The summed E-state index contributed by atoms with van der Waals surface area (Å²) in [6.45, 7) is 8.34. The number of nitrogens with zero attached hydrogens (tertiary/aromatic N) is 4. The first-order chi connectivity index (χ1) is 15.1. The summed E-state index contributed by atoms with van der Waals surface area (Å²) in [5.74, 6) is 0.781. The number of carbonyl (C=O) groups excluding carboxylic acids is 1. The van der Waals surface area contributed by atoms with E-state index < -0.39 is 0 Å². The highest BCUT2D eigenvalue weighted by Gasteiger charge is 2.31. The van der Waals surface area contributed by atoms with Gasteiger partial charge in [0.2, 0.25) is 5.91 Å². The average Bonchev–Trinajstić information content (AvgIpc) is 3.45. The van der Waals surface area contributed by atoms with E-state index in [2.05, 4.69) is 51.3 Å². The minimum absolute atomic E-state index is 0.188. The van der Waals surface area contributed by atoms with Crippen LogP contribution in [-0.2, 0) is 17.6 Å². The van der Waals surface area contributed by atoms with Crippen LogP contribution >= 0.6 is 0 Å². The summed E-state index contributed by atoms with van der Waals surface area (Å²) in [7, 11) is 0.